The second kappa shape index (κ2) is 8.84. The maximum absolute atomic E-state index is 13.2. The molecular formula is C25H23NO4S2. The minimum Gasteiger partial charge on any atom is -0.497 e. The molecule has 0 spiro atoms. The van der Waals surface area contributed by atoms with Crippen LogP contribution in [0.25, 0.3) is 6.08 Å². The molecule has 0 radical (unpaired) electrons. The molecule has 0 fully saturated rings. The fourth-order valence-electron chi connectivity index (χ4n) is 3.53. The van der Waals surface area contributed by atoms with Crippen molar-refractivity contribution < 1.29 is 17.9 Å². The number of rotatable bonds is 5. The Bertz CT molecular complexity index is 1310. The minimum atomic E-state index is -3.55. The minimum absolute atomic E-state index is 0.0597. The van der Waals surface area contributed by atoms with Gasteiger partial charge in [-0.2, -0.15) is 0 Å². The van der Waals surface area contributed by atoms with Crippen LogP contribution in [0.3, 0.4) is 0 Å². The van der Waals surface area contributed by atoms with E-state index in [0.29, 0.717) is 15.5 Å². The predicted octanol–water partition coefficient (Wildman–Crippen LogP) is 5.37. The summed E-state index contributed by atoms with van der Waals surface area (Å²) >= 11 is 1.27. The van der Waals surface area contributed by atoms with Crippen molar-refractivity contribution in [2.24, 2.45) is 0 Å². The molecule has 164 valence electrons. The van der Waals surface area contributed by atoms with Crippen molar-refractivity contribution in [2.45, 2.75) is 29.4 Å². The van der Waals surface area contributed by atoms with Crippen LogP contribution in [0.1, 0.15) is 22.3 Å². The van der Waals surface area contributed by atoms with E-state index in [1.165, 1.54) is 11.8 Å². The van der Waals surface area contributed by atoms with E-state index in [9.17, 15) is 13.2 Å². The molecule has 1 amide bonds. The summed E-state index contributed by atoms with van der Waals surface area (Å²) in [4.78, 5) is 14.0. The molecular weight excluding hydrogens is 442 g/mol. The third kappa shape index (κ3) is 4.59. The van der Waals surface area contributed by atoms with Gasteiger partial charge in [-0.1, -0.05) is 42.1 Å². The predicted molar refractivity (Wildman–Crippen MR) is 129 cm³/mol. The molecule has 0 unspecified atom stereocenters. The molecule has 3 aromatic rings. The third-order valence-electron chi connectivity index (χ3n) is 5.40. The summed E-state index contributed by atoms with van der Waals surface area (Å²) in [6.07, 6.45) is 1.78. The van der Waals surface area contributed by atoms with Gasteiger partial charge >= 0.3 is 0 Å². The standard InChI is InChI=1S/C25H23NO4S2/c1-16-5-4-6-17(2)21(16)15-32(28,29)20-11-12-22-23(14-20)31-24(25(27)26-22)13-18-7-9-19(30-3)10-8-18/h4-14H,15H2,1-3H3,(H,26,27)/b24-13+. The number of hydrogen-bond acceptors (Lipinski definition) is 5. The smallest absolute Gasteiger partial charge is 0.262 e. The van der Waals surface area contributed by atoms with Gasteiger partial charge in [-0.25, -0.2) is 8.42 Å². The molecule has 4 rings (SSSR count). The number of hydrogen-bond donors (Lipinski definition) is 1. The lowest BCUT2D eigenvalue weighted by molar-refractivity contribution is -0.112. The number of anilines is 1. The average molecular weight is 466 g/mol. The second-order valence-corrected chi connectivity index (χ2v) is 10.7. The summed E-state index contributed by atoms with van der Waals surface area (Å²) in [5.41, 5.74) is 4.20. The van der Waals surface area contributed by atoms with E-state index < -0.39 is 9.84 Å². The van der Waals surface area contributed by atoms with E-state index in [-0.39, 0.29) is 16.6 Å². The normalized spacial score (nSPS) is 14.7. The van der Waals surface area contributed by atoms with Gasteiger partial charge in [-0.3, -0.25) is 4.79 Å². The van der Waals surface area contributed by atoms with Crippen molar-refractivity contribution in [3.63, 3.8) is 0 Å². The van der Waals surface area contributed by atoms with Crippen molar-refractivity contribution in [3.8, 4) is 5.75 Å². The number of methoxy groups -OCH3 is 1. The average Bonchev–Trinajstić information content (AvgIpc) is 2.77. The summed E-state index contributed by atoms with van der Waals surface area (Å²) in [6, 6.07) is 18.0. The SMILES string of the molecule is COc1ccc(/C=C2/Sc3cc(S(=O)(=O)Cc4c(C)cccc4C)ccc3NC2=O)cc1. The lowest BCUT2D eigenvalue weighted by Gasteiger charge is -2.20. The van der Waals surface area contributed by atoms with Crippen LogP contribution in [0.4, 0.5) is 5.69 Å². The van der Waals surface area contributed by atoms with Crippen LogP contribution in [-0.2, 0) is 20.4 Å². The second-order valence-electron chi connectivity index (χ2n) is 7.63. The highest BCUT2D eigenvalue weighted by molar-refractivity contribution is 8.04. The molecule has 32 heavy (non-hydrogen) atoms. The first-order valence-electron chi connectivity index (χ1n) is 10.0. The molecule has 1 heterocycles. The number of carbonyl (C=O) groups is 1. The van der Waals surface area contributed by atoms with Crippen LogP contribution < -0.4 is 10.1 Å². The van der Waals surface area contributed by atoms with Gasteiger partial charge in [0, 0.05) is 4.90 Å². The van der Waals surface area contributed by atoms with Crippen LogP contribution in [-0.4, -0.2) is 21.4 Å². The van der Waals surface area contributed by atoms with Crippen LogP contribution in [0.15, 0.2) is 75.4 Å². The lowest BCUT2D eigenvalue weighted by Crippen LogP contribution is -2.17. The Morgan fingerprint density at radius 1 is 1.00 bits per heavy atom. The fraction of sp³-hybridized carbons (Fsp3) is 0.160. The Hall–Kier alpha value is -3.03. The molecule has 0 aliphatic carbocycles. The van der Waals surface area contributed by atoms with Gasteiger partial charge < -0.3 is 10.1 Å². The first kappa shape index (κ1) is 22.2. The first-order chi connectivity index (χ1) is 15.3. The first-order valence-corrected chi connectivity index (χ1v) is 12.5. The van der Waals surface area contributed by atoms with Crippen molar-refractivity contribution in [1.82, 2.24) is 0 Å². The van der Waals surface area contributed by atoms with E-state index in [4.69, 9.17) is 4.74 Å². The van der Waals surface area contributed by atoms with E-state index in [2.05, 4.69) is 5.32 Å². The summed E-state index contributed by atoms with van der Waals surface area (Å²) < 4.78 is 31.5. The van der Waals surface area contributed by atoms with E-state index in [1.807, 2.05) is 56.3 Å². The zero-order chi connectivity index (χ0) is 22.9. The number of amides is 1. The van der Waals surface area contributed by atoms with Gasteiger partial charge in [-0.05, 0) is 72.5 Å². The topological polar surface area (TPSA) is 72.5 Å². The molecule has 0 aromatic heterocycles. The molecule has 1 aliphatic heterocycles. The third-order valence-corrected chi connectivity index (χ3v) is 8.12. The molecule has 0 saturated carbocycles. The maximum atomic E-state index is 13.2. The van der Waals surface area contributed by atoms with E-state index in [1.54, 1.807) is 31.4 Å². The molecule has 1 N–H and O–H groups in total. The van der Waals surface area contributed by atoms with Gasteiger partial charge in [-0.15, -0.1) is 0 Å². The molecule has 0 saturated heterocycles. The highest BCUT2D eigenvalue weighted by Crippen LogP contribution is 2.40. The van der Waals surface area contributed by atoms with Gasteiger partial charge in [0.1, 0.15) is 5.75 Å². The molecule has 0 atom stereocenters. The Kier molecular flexibility index (Phi) is 6.13. The number of fused-ring (bicyclic) bond motifs is 1. The number of benzene rings is 3. The van der Waals surface area contributed by atoms with Crippen LogP contribution in [0.2, 0.25) is 0 Å². The van der Waals surface area contributed by atoms with Crippen LogP contribution >= 0.6 is 11.8 Å². The number of carbonyl (C=O) groups excluding carboxylic acids is 1. The van der Waals surface area contributed by atoms with Crippen molar-refractivity contribution >= 4 is 39.3 Å². The monoisotopic (exact) mass is 465 g/mol. The lowest BCUT2D eigenvalue weighted by atomic mass is 10.1. The van der Waals surface area contributed by atoms with Gasteiger partial charge in [0.05, 0.1) is 28.4 Å². The zero-order valence-electron chi connectivity index (χ0n) is 18.0. The summed E-state index contributed by atoms with van der Waals surface area (Å²) in [7, 11) is -1.95. The zero-order valence-corrected chi connectivity index (χ0v) is 19.6. The molecule has 5 nitrogen and oxygen atoms in total. The number of ether oxygens (including phenoxy) is 1. The Labute approximate surface area is 192 Å². The van der Waals surface area contributed by atoms with Crippen molar-refractivity contribution in [3.05, 3.63) is 87.8 Å². The number of thioether (sulfide) groups is 1. The summed E-state index contributed by atoms with van der Waals surface area (Å²) in [5, 5.41) is 2.85. The summed E-state index contributed by atoms with van der Waals surface area (Å²) in [6.45, 7) is 3.85. The molecule has 3 aromatic carbocycles. The van der Waals surface area contributed by atoms with Crippen molar-refractivity contribution in [1.29, 1.82) is 0 Å². The van der Waals surface area contributed by atoms with Crippen molar-refractivity contribution in [2.75, 3.05) is 12.4 Å². The van der Waals surface area contributed by atoms with Gasteiger partial charge in [0.15, 0.2) is 9.84 Å². The van der Waals surface area contributed by atoms with E-state index >= 15 is 0 Å². The molecule has 1 aliphatic rings. The quantitative estimate of drug-likeness (QED) is 0.513. The van der Waals surface area contributed by atoms with Crippen LogP contribution in [0.5, 0.6) is 5.75 Å². The fourth-order valence-corrected chi connectivity index (χ4v) is 6.17. The van der Waals surface area contributed by atoms with Gasteiger partial charge in [0.25, 0.3) is 5.91 Å². The highest BCUT2D eigenvalue weighted by Gasteiger charge is 2.25. The summed E-state index contributed by atoms with van der Waals surface area (Å²) in [5.74, 6) is 0.456. The Balaban J connectivity index is 1.64. The maximum Gasteiger partial charge on any atom is 0.262 e. The number of aryl methyl sites for hydroxylation is 2. The number of sulfone groups is 1. The van der Waals surface area contributed by atoms with E-state index in [0.717, 1.165) is 28.0 Å². The highest BCUT2D eigenvalue weighted by atomic mass is 32.2. The Morgan fingerprint density at radius 2 is 1.69 bits per heavy atom. The van der Waals surface area contributed by atoms with Gasteiger partial charge in [0.2, 0.25) is 0 Å². The van der Waals surface area contributed by atoms with Crippen LogP contribution in [0, 0.1) is 13.8 Å². The largest absolute Gasteiger partial charge is 0.497 e. The molecule has 7 heteroatoms. The molecule has 0 bridgehead atoms. The Morgan fingerprint density at radius 3 is 2.34 bits per heavy atom. The number of nitrogens with one attached hydrogen (secondary N) is 1.